The van der Waals surface area contributed by atoms with Gasteiger partial charge in [0, 0.05) is 41.6 Å². The molecule has 0 aliphatic heterocycles. The molecule has 0 radical (unpaired) electrons. The molecule has 0 aliphatic carbocycles. The van der Waals surface area contributed by atoms with Crippen molar-refractivity contribution in [1.29, 1.82) is 0 Å². The summed E-state index contributed by atoms with van der Waals surface area (Å²) in [6.45, 7) is 0. The van der Waals surface area contributed by atoms with Gasteiger partial charge in [-0.05, 0) is 24.3 Å². The molecule has 2 aromatic heterocycles. The maximum absolute atomic E-state index is 13.8. The summed E-state index contributed by atoms with van der Waals surface area (Å²) in [6.07, 6.45) is 2.22. The Kier molecular flexibility index (Phi) is 6.17. The Hall–Kier alpha value is -4.03. The van der Waals surface area contributed by atoms with Crippen LogP contribution in [0, 0.1) is 10.1 Å². The van der Waals surface area contributed by atoms with Crippen LogP contribution in [0.4, 0.5) is 5.69 Å². The van der Waals surface area contributed by atoms with Crippen molar-refractivity contribution < 1.29 is 22.8 Å². The fourth-order valence-electron chi connectivity index (χ4n) is 3.45. The van der Waals surface area contributed by atoms with Gasteiger partial charge in [0.15, 0.2) is 5.65 Å². The molecule has 0 aliphatic rings. The lowest BCUT2D eigenvalue weighted by Gasteiger charge is -2.15. The number of fused-ring (bicyclic) bond motifs is 1. The number of halogens is 1. The number of hydrogen-bond acceptors (Lipinski definition) is 9. The van der Waals surface area contributed by atoms with Gasteiger partial charge in [0.2, 0.25) is 15.0 Å². The molecule has 35 heavy (non-hydrogen) atoms. The lowest BCUT2D eigenvalue weighted by Crippen LogP contribution is -2.22. The summed E-state index contributed by atoms with van der Waals surface area (Å²) in [6, 6.07) is 9.76. The lowest BCUT2D eigenvalue weighted by molar-refractivity contribution is -0.384. The van der Waals surface area contributed by atoms with Gasteiger partial charge < -0.3 is 9.47 Å². The van der Waals surface area contributed by atoms with Gasteiger partial charge in [-0.25, -0.2) is 13.4 Å². The molecule has 0 bridgehead atoms. The largest absolute Gasteiger partial charge is 0.497 e. The van der Waals surface area contributed by atoms with Crippen LogP contribution in [0.2, 0.25) is 5.02 Å². The molecular formula is C22H17ClN4O7S. The van der Waals surface area contributed by atoms with Gasteiger partial charge in [0.25, 0.3) is 11.2 Å². The number of nitrogens with zero attached hydrogens (tertiary/aromatic N) is 4. The maximum Gasteiger partial charge on any atom is 0.269 e. The Morgan fingerprint density at radius 3 is 2.31 bits per heavy atom. The minimum Gasteiger partial charge on any atom is -0.497 e. The number of nitro benzene ring substituents is 1. The highest BCUT2D eigenvalue weighted by atomic mass is 35.5. The van der Waals surface area contributed by atoms with Crippen molar-refractivity contribution in [3.05, 3.63) is 74.2 Å². The summed E-state index contributed by atoms with van der Waals surface area (Å²) in [5.74, 6) is 0.650. The molecule has 4 rings (SSSR count). The van der Waals surface area contributed by atoms with Crippen LogP contribution in [0.1, 0.15) is 0 Å². The van der Waals surface area contributed by atoms with Gasteiger partial charge in [0.1, 0.15) is 11.5 Å². The van der Waals surface area contributed by atoms with E-state index in [-0.39, 0.29) is 38.9 Å². The van der Waals surface area contributed by atoms with Crippen molar-refractivity contribution >= 4 is 38.2 Å². The van der Waals surface area contributed by atoms with Crippen LogP contribution in [0.15, 0.2) is 58.6 Å². The Morgan fingerprint density at radius 1 is 1.06 bits per heavy atom. The van der Waals surface area contributed by atoms with E-state index < -0.39 is 25.5 Å². The van der Waals surface area contributed by atoms with E-state index in [9.17, 15) is 23.3 Å². The van der Waals surface area contributed by atoms with E-state index >= 15 is 0 Å². The Bertz CT molecular complexity index is 1650. The highest BCUT2D eigenvalue weighted by Crippen LogP contribution is 2.38. The number of rotatable bonds is 6. The van der Waals surface area contributed by atoms with E-state index in [1.807, 2.05) is 0 Å². The van der Waals surface area contributed by atoms with E-state index in [1.54, 1.807) is 12.1 Å². The number of nitro groups is 1. The molecule has 0 spiro atoms. The molecule has 0 saturated carbocycles. The van der Waals surface area contributed by atoms with E-state index in [2.05, 4.69) is 9.97 Å². The molecule has 0 amide bonds. The van der Waals surface area contributed by atoms with Crippen molar-refractivity contribution in [2.24, 2.45) is 0 Å². The highest BCUT2D eigenvalue weighted by molar-refractivity contribution is 7.90. The molecule has 11 nitrogen and oxygen atoms in total. The highest BCUT2D eigenvalue weighted by Gasteiger charge is 2.21. The number of pyridine rings is 1. The van der Waals surface area contributed by atoms with Gasteiger partial charge in [0.05, 0.1) is 35.4 Å². The monoisotopic (exact) mass is 516 g/mol. The Morgan fingerprint density at radius 2 is 1.74 bits per heavy atom. The van der Waals surface area contributed by atoms with Crippen LogP contribution in [-0.2, 0) is 9.84 Å². The fraction of sp³-hybridized carbons (Fsp3) is 0.136. The van der Waals surface area contributed by atoms with Crippen molar-refractivity contribution in [2.45, 2.75) is 5.16 Å². The first-order valence-corrected chi connectivity index (χ1v) is 12.1. The zero-order valence-electron chi connectivity index (χ0n) is 18.6. The summed E-state index contributed by atoms with van der Waals surface area (Å²) in [4.78, 5) is 32.3. The summed E-state index contributed by atoms with van der Waals surface area (Å²) in [5, 5.41) is 11.1. The first kappa shape index (κ1) is 24.1. The smallest absolute Gasteiger partial charge is 0.269 e. The van der Waals surface area contributed by atoms with Crippen LogP contribution in [-0.4, -0.2) is 48.4 Å². The number of non-ortho nitro benzene ring substituents is 1. The summed E-state index contributed by atoms with van der Waals surface area (Å²) in [5.41, 5.74) is -0.173. The van der Waals surface area contributed by atoms with Crippen LogP contribution in [0.3, 0.4) is 0 Å². The van der Waals surface area contributed by atoms with E-state index in [0.29, 0.717) is 11.1 Å². The third kappa shape index (κ3) is 4.40. The first-order chi connectivity index (χ1) is 16.5. The molecule has 13 heteroatoms. The topological polar surface area (TPSA) is 144 Å². The molecule has 4 aromatic rings. The van der Waals surface area contributed by atoms with Crippen LogP contribution < -0.4 is 15.0 Å². The molecule has 0 fully saturated rings. The first-order valence-electron chi connectivity index (χ1n) is 9.84. The molecule has 0 saturated heterocycles. The predicted molar refractivity (Wildman–Crippen MR) is 128 cm³/mol. The van der Waals surface area contributed by atoms with Gasteiger partial charge in [-0.3, -0.25) is 19.5 Å². The van der Waals surface area contributed by atoms with Gasteiger partial charge in [-0.15, -0.1) is 0 Å². The van der Waals surface area contributed by atoms with Crippen LogP contribution >= 0.6 is 11.6 Å². The van der Waals surface area contributed by atoms with Crippen molar-refractivity contribution in [2.75, 3.05) is 20.5 Å². The Balaban J connectivity index is 2.12. The zero-order chi connectivity index (χ0) is 25.5. The second-order valence-corrected chi connectivity index (χ2v) is 9.65. The standard InChI is InChI=1S/C22H17ClN4O7S/c1-33-15-9-16(19(23)18(10-15)34-2)17-8-12-11-24-22(35(3,31)32)25-20(12)26(21(17)28)13-4-6-14(7-5-13)27(29)30/h4-11H,1-3H3. The van der Waals surface area contributed by atoms with Gasteiger partial charge in [-0.1, -0.05) is 11.6 Å². The average molecular weight is 517 g/mol. The fourth-order valence-corrected chi connectivity index (χ4v) is 4.24. The zero-order valence-corrected chi connectivity index (χ0v) is 20.1. The summed E-state index contributed by atoms with van der Waals surface area (Å²) < 4.78 is 35.9. The van der Waals surface area contributed by atoms with E-state index in [4.69, 9.17) is 21.1 Å². The van der Waals surface area contributed by atoms with Crippen LogP contribution in [0.5, 0.6) is 11.5 Å². The van der Waals surface area contributed by atoms with Crippen LogP contribution in [0.25, 0.3) is 27.8 Å². The number of hydrogen-bond donors (Lipinski definition) is 0. The molecule has 2 aromatic carbocycles. The second-order valence-electron chi connectivity index (χ2n) is 7.37. The number of aromatic nitrogens is 3. The minimum absolute atomic E-state index is 0.00554. The molecule has 180 valence electrons. The molecule has 2 heterocycles. The van der Waals surface area contributed by atoms with Crippen molar-refractivity contribution in [3.8, 4) is 28.3 Å². The minimum atomic E-state index is -3.79. The van der Waals surface area contributed by atoms with E-state index in [0.717, 1.165) is 10.8 Å². The third-order valence-corrected chi connectivity index (χ3v) is 6.38. The predicted octanol–water partition coefficient (Wildman–Crippen LogP) is 3.43. The van der Waals surface area contributed by atoms with Gasteiger partial charge >= 0.3 is 0 Å². The molecule has 0 atom stereocenters. The quantitative estimate of drug-likeness (QED) is 0.214. The lowest BCUT2D eigenvalue weighted by atomic mass is 10.0. The third-order valence-electron chi connectivity index (χ3n) is 5.13. The number of sulfone groups is 1. The maximum atomic E-state index is 13.8. The summed E-state index contributed by atoms with van der Waals surface area (Å²) in [7, 11) is -0.928. The molecular weight excluding hydrogens is 500 g/mol. The molecule has 0 unspecified atom stereocenters. The van der Waals surface area contributed by atoms with E-state index in [1.165, 1.54) is 50.7 Å². The second kappa shape index (κ2) is 8.96. The van der Waals surface area contributed by atoms with Crippen molar-refractivity contribution in [1.82, 2.24) is 14.5 Å². The number of methoxy groups -OCH3 is 2. The van der Waals surface area contributed by atoms with Crippen molar-refractivity contribution in [3.63, 3.8) is 0 Å². The Labute approximate surface area is 203 Å². The number of benzene rings is 2. The SMILES string of the molecule is COc1cc(OC)c(Cl)c(-c2cc3cnc(S(C)(=O)=O)nc3n(-c3ccc([N+](=O)[O-])cc3)c2=O)c1. The summed E-state index contributed by atoms with van der Waals surface area (Å²) >= 11 is 6.52. The molecule has 0 N–H and O–H groups in total. The van der Waals surface area contributed by atoms with Gasteiger partial charge in [-0.2, -0.15) is 4.98 Å². The average Bonchev–Trinajstić information content (AvgIpc) is 2.83. The normalized spacial score (nSPS) is 11.4. The number of ether oxygens (including phenoxy) is 2.